The molecule has 0 atom stereocenters. The van der Waals surface area contributed by atoms with Gasteiger partial charge in [0.05, 0.1) is 17.0 Å². The van der Waals surface area contributed by atoms with Gasteiger partial charge in [0.1, 0.15) is 0 Å². The van der Waals surface area contributed by atoms with Crippen LogP contribution in [0.5, 0.6) is 0 Å². The summed E-state index contributed by atoms with van der Waals surface area (Å²) in [5, 5.41) is 12.8. The average molecular weight is 295 g/mol. The van der Waals surface area contributed by atoms with Gasteiger partial charge in [0, 0.05) is 18.9 Å². The van der Waals surface area contributed by atoms with Gasteiger partial charge in [-0.25, -0.2) is 17.9 Å². The molecule has 0 fully saturated rings. The third-order valence-electron chi connectivity index (χ3n) is 2.58. The molecule has 0 bridgehead atoms. The van der Waals surface area contributed by atoms with E-state index < -0.39 is 16.0 Å². The maximum Gasteiger partial charge on any atom is 0.335 e. The summed E-state index contributed by atoms with van der Waals surface area (Å²) in [6.45, 7) is 0.562. The van der Waals surface area contributed by atoms with E-state index in [2.05, 4.69) is 9.82 Å². The summed E-state index contributed by atoms with van der Waals surface area (Å²) >= 11 is 0. The van der Waals surface area contributed by atoms with Crippen molar-refractivity contribution >= 4 is 16.0 Å². The molecule has 0 saturated heterocycles. The summed E-state index contributed by atoms with van der Waals surface area (Å²) < 4.78 is 28.0. The van der Waals surface area contributed by atoms with Crippen LogP contribution in [0.3, 0.4) is 0 Å². The highest BCUT2D eigenvalue weighted by atomic mass is 32.2. The van der Waals surface area contributed by atoms with Crippen molar-refractivity contribution < 1.29 is 18.3 Å². The first-order valence-corrected chi connectivity index (χ1v) is 7.28. The van der Waals surface area contributed by atoms with Gasteiger partial charge in [0.15, 0.2) is 0 Å². The van der Waals surface area contributed by atoms with E-state index in [9.17, 15) is 13.2 Å². The van der Waals surface area contributed by atoms with Crippen LogP contribution in [0.2, 0.25) is 0 Å². The van der Waals surface area contributed by atoms with Crippen molar-refractivity contribution in [3.63, 3.8) is 0 Å². The van der Waals surface area contributed by atoms with E-state index in [0.29, 0.717) is 6.54 Å². The summed E-state index contributed by atoms with van der Waals surface area (Å²) in [6.07, 6.45) is 3.32. The van der Waals surface area contributed by atoms with Crippen LogP contribution < -0.4 is 4.72 Å². The molecule has 20 heavy (non-hydrogen) atoms. The molecule has 2 N–H and O–H groups in total. The zero-order chi connectivity index (χ0) is 14.6. The van der Waals surface area contributed by atoms with Crippen molar-refractivity contribution in [2.75, 3.05) is 6.54 Å². The maximum absolute atomic E-state index is 12.0. The van der Waals surface area contributed by atoms with Gasteiger partial charge >= 0.3 is 5.97 Å². The molecule has 0 saturated carbocycles. The zero-order valence-corrected chi connectivity index (χ0v) is 11.2. The number of sulfonamides is 1. The Morgan fingerprint density at radius 1 is 1.35 bits per heavy atom. The summed E-state index contributed by atoms with van der Waals surface area (Å²) in [6, 6.07) is 6.95. The molecule has 8 heteroatoms. The van der Waals surface area contributed by atoms with Crippen LogP contribution in [0, 0.1) is 0 Å². The summed E-state index contributed by atoms with van der Waals surface area (Å²) in [4.78, 5) is 10.8. The molecule has 0 aliphatic rings. The first-order valence-electron chi connectivity index (χ1n) is 5.79. The van der Waals surface area contributed by atoms with Gasteiger partial charge in [-0.3, -0.25) is 4.68 Å². The number of carboxylic acid groups (broad SMARTS) is 1. The van der Waals surface area contributed by atoms with E-state index in [1.807, 2.05) is 0 Å². The minimum absolute atomic E-state index is 0.0695. The Bertz CT molecular complexity index is 695. The van der Waals surface area contributed by atoms with Crippen LogP contribution in [0.1, 0.15) is 10.4 Å². The van der Waals surface area contributed by atoms with Gasteiger partial charge in [-0.05, 0) is 24.3 Å². The van der Waals surface area contributed by atoms with E-state index in [-0.39, 0.29) is 17.0 Å². The Morgan fingerprint density at radius 2 is 2.15 bits per heavy atom. The van der Waals surface area contributed by atoms with Gasteiger partial charge < -0.3 is 5.11 Å². The molecular weight excluding hydrogens is 282 g/mol. The van der Waals surface area contributed by atoms with Crippen molar-refractivity contribution in [2.24, 2.45) is 0 Å². The molecule has 1 heterocycles. The number of aromatic carboxylic acids is 1. The molecule has 106 valence electrons. The van der Waals surface area contributed by atoms with E-state index in [1.165, 1.54) is 18.2 Å². The van der Waals surface area contributed by atoms with Gasteiger partial charge in [0.25, 0.3) is 0 Å². The lowest BCUT2D eigenvalue weighted by atomic mass is 10.2. The summed E-state index contributed by atoms with van der Waals surface area (Å²) in [5.41, 5.74) is -0.0695. The molecule has 2 aromatic rings. The molecule has 0 unspecified atom stereocenters. The smallest absolute Gasteiger partial charge is 0.335 e. The zero-order valence-electron chi connectivity index (χ0n) is 10.4. The fourth-order valence-electron chi connectivity index (χ4n) is 1.61. The largest absolute Gasteiger partial charge is 0.478 e. The Labute approximate surface area is 115 Å². The third-order valence-corrected chi connectivity index (χ3v) is 4.04. The van der Waals surface area contributed by atoms with Crippen LogP contribution in [0.4, 0.5) is 0 Å². The lowest BCUT2D eigenvalue weighted by molar-refractivity contribution is 0.0696. The van der Waals surface area contributed by atoms with Gasteiger partial charge in [-0.1, -0.05) is 6.07 Å². The second-order valence-corrected chi connectivity index (χ2v) is 5.77. The lowest BCUT2D eigenvalue weighted by Crippen LogP contribution is -2.27. The third kappa shape index (κ3) is 3.43. The van der Waals surface area contributed by atoms with Crippen LogP contribution in [0.15, 0.2) is 47.6 Å². The highest BCUT2D eigenvalue weighted by Crippen LogP contribution is 2.11. The van der Waals surface area contributed by atoms with Gasteiger partial charge in [0.2, 0.25) is 10.0 Å². The molecule has 0 spiro atoms. The van der Waals surface area contributed by atoms with Crippen molar-refractivity contribution in [3.8, 4) is 0 Å². The second kappa shape index (κ2) is 5.85. The summed E-state index contributed by atoms with van der Waals surface area (Å²) in [5.74, 6) is -1.17. The predicted octanol–water partition coefficient (Wildman–Crippen LogP) is 0.560. The molecule has 0 radical (unpaired) electrons. The van der Waals surface area contributed by atoms with Crippen molar-refractivity contribution in [1.29, 1.82) is 0 Å². The first kappa shape index (κ1) is 14.2. The minimum atomic E-state index is -3.72. The molecular formula is C12H13N3O4S. The maximum atomic E-state index is 12.0. The molecule has 1 aromatic heterocycles. The highest BCUT2D eigenvalue weighted by molar-refractivity contribution is 7.89. The van der Waals surface area contributed by atoms with Crippen LogP contribution in [-0.4, -0.2) is 35.8 Å². The van der Waals surface area contributed by atoms with Crippen molar-refractivity contribution in [2.45, 2.75) is 11.4 Å². The topological polar surface area (TPSA) is 101 Å². The Morgan fingerprint density at radius 3 is 2.80 bits per heavy atom. The van der Waals surface area contributed by atoms with Crippen molar-refractivity contribution in [3.05, 3.63) is 48.3 Å². The number of benzene rings is 1. The average Bonchev–Trinajstić information content (AvgIpc) is 2.92. The van der Waals surface area contributed by atoms with Crippen molar-refractivity contribution in [1.82, 2.24) is 14.5 Å². The number of rotatable bonds is 6. The fourth-order valence-corrected chi connectivity index (χ4v) is 2.67. The molecule has 0 amide bonds. The van der Waals surface area contributed by atoms with E-state index in [0.717, 1.165) is 6.07 Å². The normalized spacial score (nSPS) is 11.4. The highest BCUT2D eigenvalue weighted by Gasteiger charge is 2.15. The first-order chi connectivity index (χ1) is 9.49. The second-order valence-electron chi connectivity index (χ2n) is 4.00. The van der Waals surface area contributed by atoms with E-state index >= 15 is 0 Å². The van der Waals surface area contributed by atoms with E-state index in [4.69, 9.17) is 5.11 Å². The number of hydrogen-bond acceptors (Lipinski definition) is 4. The lowest BCUT2D eigenvalue weighted by Gasteiger charge is -2.07. The van der Waals surface area contributed by atoms with Crippen LogP contribution in [0.25, 0.3) is 0 Å². The Balaban J connectivity index is 2.06. The summed E-state index contributed by atoms with van der Waals surface area (Å²) in [7, 11) is -3.72. The molecule has 2 rings (SSSR count). The molecule has 1 aromatic carbocycles. The number of nitrogens with zero attached hydrogens (tertiary/aromatic N) is 2. The minimum Gasteiger partial charge on any atom is -0.478 e. The number of carboxylic acids is 1. The number of carbonyl (C=O) groups is 1. The SMILES string of the molecule is O=C(O)c1cccc(S(=O)(=O)NCCn2cccn2)c1. The number of aromatic nitrogens is 2. The van der Waals surface area contributed by atoms with Crippen LogP contribution in [-0.2, 0) is 16.6 Å². The van der Waals surface area contributed by atoms with Crippen LogP contribution >= 0.6 is 0 Å². The predicted molar refractivity (Wildman–Crippen MR) is 70.8 cm³/mol. The standard InChI is InChI=1S/C12H13N3O4S/c16-12(17)10-3-1-4-11(9-10)20(18,19)14-6-8-15-7-2-5-13-15/h1-5,7,9,14H,6,8H2,(H,16,17). The molecule has 0 aliphatic carbocycles. The van der Waals surface area contributed by atoms with Gasteiger partial charge in [-0.2, -0.15) is 5.10 Å². The quantitative estimate of drug-likeness (QED) is 0.811. The fraction of sp³-hybridized carbons (Fsp3) is 0.167. The number of hydrogen-bond donors (Lipinski definition) is 2. The van der Waals surface area contributed by atoms with E-state index in [1.54, 1.807) is 23.1 Å². The Hall–Kier alpha value is -2.19. The van der Waals surface area contributed by atoms with Gasteiger partial charge in [-0.15, -0.1) is 0 Å². The molecule has 0 aliphatic heterocycles. The number of nitrogens with one attached hydrogen (secondary N) is 1. The monoisotopic (exact) mass is 295 g/mol. The Kier molecular flexibility index (Phi) is 4.16. The molecule has 7 nitrogen and oxygen atoms in total.